The summed E-state index contributed by atoms with van der Waals surface area (Å²) in [6, 6.07) is 0. The summed E-state index contributed by atoms with van der Waals surface area (Å²) in [5, 5.41) is 0. The van der Waals surface area contributed by atoms with E-state index in [0.29, 0.717) is 23.3 Å². The van der Waals surface area contributed by atoms with Crippen LogP contribution in [0.2, 0.25) is 0 Å². The van der Waals surface area contributed by atoms with Crippen LogP contribution in [-0.4, -0.2) is 56.3 Å². The zero-order chi connectivity index (χ0) is 10.5. The summed E-state index contributed by atoms with van der Waals surface area (Å²) in [5.74, 6) is 0.385. The van der Waals surface area contributed by atoms with E-state index in [1.165, 1.54) is 0 Å². The lowest BCUT2D eigenvalue weighted by molar-refractivity contribution is -0.887. The Morgan fingerprint density at radius 2 is 1.85 bits per heavy atom. The van der Waals surface area contributed by atoms with E-state index in [2.05, 4.69) is 0 Å². The number of hydrogen-bond donors (Lipinski definition) is 1. The molecule has 0 saturated heterocycles. The third kappa shape index (κ3) is 8.49. The molecule has 0 aliphatic carbocycles. The summed E-state index contributed by atoms with van der Waals surface area (Å²) >= 11 is 5.57. The molecule has 80 valence electrons. The average molecular weight is 231 g/mol. The Morgan fingerprint density at radius 1 is 1.31 bits per heavy atom. The number of alkyl halides is 1. The van der Waals surface area contributed by atoms with Crippen LogP contribution in [0.3, 0.4) is 0 Å². The van der Waals surface area contributed by atoms with Gasteiger partial charge in [-0.25, -0.2) is 0 Å². The highest BCUT2D eigenvalue weighted by Crippen LogP contribution is 2.01. The molecule has 0 aromatic rings. The Bertz CT molecular complexity index is 238. The Morgan fingerprint density at radius 3 is 2.23 bits per heavy atom. The first kappa shape index (κ1) is 13.2. The standard InChI is InChI=1S/C7H16ClNO3S/c1-9(2,6-4-8)5-3-7-13(10,11)12/h3-7H2,1-2H3/p+1. The van der Waals surface area contributed by atoms with Crippen LogP contribution in [0, 0.1) is 0 Å². The highest BCUT2D eigenvalue weighted by atomic mass is 35.5. The predicted molar refractivity (Wildman–Crippen MR) is 53.6 cm³/mol. The molecule has 4 nitrogen and oxygen atoms in total. The summed E-state index contributed by atoms with van der Waals surface area (Å²) in [6.07, 6.45) is 0.461. The van der Waals surface area contributed by atoms with E-state index in [4.69, 9.17) is 16.2 Å². The quantitative estimate of drug-likeness (QED) is 0.413. The molecule has 0 aromatic carbocycles. The number of hydrogen-bond acceptors (Lipinski definition) is 2. The van der Waals surface area contributed by atoms with Gasteiger partial charge in [0.2, 0.25) is 0 Å². The maximum absolute atomic E-state index is 10.4. The number of quaternary nitrogens is 1. The van der Waals surface area contributed by atoms with Crippen LogP contribution in [0.25, 0.3) is 0 Å². The van der Waals surface area contributed by atoms with Crippen molar-refractivity contribution in [1.29, 1.82) is 0 Å². The molecule has 0 rings (SSSR count). The monoisotopic (exact) mass is 230 g/mol. The molecule has 0 aliphatic heterocycles. The van der Waals surface area contributed by atoms with Crippen LogP contribution >= 0.6 is 11.6 Å². The normalized spacial score (nSPS) is 13.2. The number of rotatable bonds is 6. The molecule has 0 saturated carbocycles. The molecule has 0 aliphatic rings. The van der Waals surface area contributed by atoms with Crippen molar-refractivity contribution in [2.75, 3.05) is 38.8 Å². The lowest BCUT2D eigenvalue weighted by atomic mass is 10.4. The second-order valence-corrected chi connectivity index (χ2v) is 5.66. The van der Waals surface area contributed by atoms with Crippen molar-refractivity contribution < 1.29 is 17.5 Å². The molecule has 0 aromatic heterocycles. The smallest absolute Gasteiger partial charge is 0.265 e. The predicted octanol–water partition coefficient (Wildman–Crippen LogP) is 0.580. The van der Waals surface area contributed by atoms with Crippen molar-refractivity contribution in [2.45, 2.75) is 6.42 Å². The molecular weight excluding hydrogens is 214 g/mol. The van der Waals surface area contributed by atoms with Crippen LogP contribution in [0.5, 0.6) is 0 Å². The van der Waals surface area contributed by atoms with Gasteiger partial charge in [-0.3, -0.25) is 4.55 Å². The van der Waals surface area contributed by atoms with E-state index in [0.717, 1.165) is 6.54 Å². The maximum Gasteiger partial charge on any atom is 0.265 e. The van der Waals surface area contributed by atoms with Gasteiger partial charge < -0.3 is 4.48 Å². The van der Waals surface area contributed by atoms with Crippen LogP contribution in [0.1, 0.15) is 6.42 Å². The summed E-state index contributed by atoms with van der Waals surface area (Å²) in [6.45, 7) is 1.50. The van der Waals surface area contributed by atoms with Gasteiger partial charge >= 0.3 is 0 Å². The highest BCUT2D eigenvalue weighted by Gasteiger charge is 2.15. The molecule has 0 bridgehead atoms. The third-order valence-corrected chi connectivity index (χ3v) is 2.83. The number of halogens is 1. The summed E-state index contributed by atoms with van der Waals surface area (Å²) < 4.78 is 30.0. The Labute approximate surface area is 84.8 Å². The lowest BCUT2D eigenvalue weighted by Crippen LogP contribution is -2.42. The van der Waals surface area contributed by atoms with Crippen molar-refractivity contribution >= 4 is 21.7 Å². The fraction of sp³-hybridized carbons (Fsp3) is 1.00. The van der Waals surface area contributed by atoms with Gasteiger partial charge in [0.1, 0.15) is 0 Å². The molecule has 6 heteroatoms. The van der Waals surface area contributed by atoms with Crippen molar-refractivity contribution in [2.24, 2.45) is 0 Å². The van der Waals surface area contributed by atoms with Crippen LogP contribution in [0.15, 0.2) is 0 Å². The van der Waals surface area contributed by atoms with Crippen molar-refractivity contribution in [3.63, 3.8) is 0 Å². The zero-order valence-corrected chi connectivity index (χ0v) is 9.61. The minimum Gasteiger partial charge on any atom is -0.327 e. The van der Waals surface area contributed by atoms with E-state index in [1.54, 1.807) is 0 Å². The SMILES string of the molecule is C[N+](C)(CCCl)CCCS(=O)(=O)O. The highest BCUT2D eigenvalue weighted by molar-refractivity contribution is 7.85. The maximum atomic E-state index is 10.4. The molecule has 0 radical (unpaired) electrons. The van der Waals surface area contributed by atoms with Gasteiger partial charge in [-0.2, -0.15) is 8.42 Å². The van der Waals surface area contributed by atoms with Crippen molar-refractivity contribution in [3.05, 3.63) is 0 Å². The van der Waals surface area contributed by atoms with Gasteiger partial charge in [0.05, 0.1) is 38.8 Å². The molecule has 0 amide bonds. The topological polar surface area (TPSA) is 54.4 Å². The Kier molecular flexibility index (Phi) is 5.21. The molecule has 0 fully saturated rings. The third-order valence-electron chi connectivity index (χ3n) is 1.86. The van der Waals surface area contributed by atoms with E-state index < -0.39 is 10.1 Å². The summed E-state index contributed by atoms with van der Waals surface area (Å²) in [5.41, 5.74) is 0. The van der Waals surface area contributed by atoms with E-state index >= 15 is 0 Å². The molecule has 0 atom stereocenters. The van der Waals surface area contributed by atoms with Gasteiger partial charge in [0.25, 0.3) is 10.1 Å². The van der Waals surface area contributed by atoms with E-state index in [9.17, 15) is 8.42 Å². The summed E-state index contributed by atoms with van der Waals surface area (Å²) in [4.78, 5) is 0. The second-order valence-electron chi connectivity index (χ2n) is 3.71. The zero-order valence-electron chi connectivity index (χ0n) is 8.03. The van der Waals surface area contributed by atoms with Gasteiger partial charge in [-0.05, 0) is 0 Å². The number of nitrogens with zero attached hydrogens (tertiary/aromatic N) is 1. The molecule has 13 heavy (non-hydrogen) atoms. The summed E-state index contributed by atoms with van der Waals surface area (Å²) in [7, 11) is 0.153. The molecular formula is C7H17ClNO3S+. The first-order valence-electron chi connectivity index (χ1n) is 4.10. The molecule has 0 spiro atoms. The van der Waals surface area contributed by atoms with E-state index in [-0.39, 0.29) is 5.75 Å². The Hall–Kier alpha value is 0.160. The molecule has 0 heterocycles. The lowest BCUT2D eigenvalue weighted by Gasteiger charge is -2.28. The second kappa shape index (κ2) is 5.14. The van der Waals surface area contributed by atoms with Crippen LogP contribution in [0.4, 0.5) is 0 Å². The van der Waals surface area contributed by atoms with Gasteiger partial charge in [-0.15, -0.1) is 11.6 Å². The van der Waals surface area contributed by atoms with Crippen LogP contribution < -0.4 is 0 Å². The minimum atomic E-state index is -3.80. The van der Waals surface area contributed by atoms with Gasteiger partial charge in [-0.1, -0.05) is 0 Å². The molecule has 0 unspecified atom stereocenters. The van der Waals surface area contributed by atoms with Crippen molar-refractivity contribution in [3.8, 4) is 0 Å². The Balaban J connectivity index is 3.76. The van der Waals surface area contributed by atoms with E-state index in [1.807, 2.05) is 14.1 Å². The first-order valence-corrected chi connectivity index (χ1v) is 6.24. The fourth-order valence-corrected chi connectivity index (χ4v) is 1.97. The average Bonchev–Trinajstić information content (AvgIpc) is 1.82. The van der Waals surface area contributed by atoms with Crippen molar-refractivity contribution in [1.82, 2.24) is 0 Å². The van der Waals surface area contributed by atoms with Gasteiger partial charge in [0.15, 0.2) is 0 Å². The fourth-order valence-electron chi connectivity index (χ4n) is 1.02. The first-order chi connectivity index (χ1) is 5.77. The minimum absolute atomic E-state index is 0.170. The molecule has 1 N–H and O–H groups in total. The van der Waals surface area contributed by atoms with Crippen LogP contribution in [-0.2, 0) is 10.1 Å². The van der Waals surface area contributed by atoms with Gasteiger partial charge in [0, 0.05) is 6.42 Å². The largest absolute Gasteiger partial charge is 0.327 e.